The summed E-state index contributed by atoms with van der Waals surface area (Å²) in [6.45, 7) is 4.16. The van der Waals surface area contributed by atoms with Gasteiger partial charge >= 0.3 is 0 Å². The minimum Gasteiger partial charge on any atom is -0.271 e. The second kappa shape index (κ2) is 5.58. The van der Waals surface area contributed by atoms with E-state index in [4.69, 9.17) is 5.84 Å². The first-order valence-electron chi connectivity index (χ1n) is 4.94. The Hall–Kier alpha value is -0.450. The summed E-state index contributed by atoms with van der Waals surface area (Å²) in [4.78, 5) is 0. The maximum atomic E-state index is 13.1. The van der Waals surface area contributed by atoms with Crippen LogP contribution in [0.3, 0.4) is 0 Å². The van der Waals surface area contributed by atoms with Gasteiger partial charge in [-0.2, -0.15) is 0 Å². The van der Waals surface area contributed by atoms with E-state index in [0.717, 1.165) is 16.5 Å². The normalized spacial score (nSPS) is 13.2. The lowest BCUT2D eigenvalue weighted by Gasteiger charge is -2.19. The Bertz CT molecular complexity index is 308. The highest BCUT2D eigenvalue weighted by Crippen LogP contribution is 2.17. The zero-order chi connectivity index (χ0) is 11.4. The fraction of sp³-hybridized carbons (Fsp3) is 0.455. The molecule has 1 unspecified atom stereocenters. The zero-order valence-electron chi connectivity index (χ0n) is 8.93. The summed E-state index contributed by atoms with van der Waals surface area (Å²) in [7, 11) is 0. The van der Waals surface area contributed by atoms with Crippen LogP contribution in [0.15, 0.2) is 22.7 Å². The van der Waals surface area contributed by atoms with E-state index in [1.54, 1.807) is 0 Å². The third kappa shape index (κ3) is 3.89. The standard InChI is InChI=1S/C11H16BrFN2/c1-7(2)11(15-14)5-8-3-9(12)6-10(13)4-8/h3-4,6-7,11,15H,5,14H2,1-2H3. The second-order valence-corrected chi connectivity index (χ2v) is 4.91. The van der Waals surface area contributed by atoms with Gasteiger partial charge in [0.15, 0.2) is 0 Å². The van der Waals surface area contributed by atoms with Crippen molar-refractivity contribution in [3.63, 3.8) is 0 Å². The molecule has 3 N–H and O–H groups in total. The summed E-state index contributed by atoms with van der Waals surface area (Å²) in [5.74, 6) is 5.63. The number of nitrogens with two attached hydrogens (primary N) is 1. The molecule has 0 aliphatic carbocycles. The third-order valence-electron chi connectivity index (χ3n) is 2.40. The lowest BCUT2D eigenvalue weighted by molar-refractivity contribution is 0.404. The number of halogens is 2. The van der Waals surface area contributed by atoms with E-state index < -0.39 is 0 Å². The largest absolute Gasteiger partial charge is 0.271 e. The van der Waals surface area contributed by atoms with Crippen molar-refractivity contribution < 1.29 is 4.39 Å². The highest BCUT2D eigenvalue weighted by Gasteiger charge is 2.12. The van der Waals surface area contributed by atoms with Gasteiger partial charge in [-0.3, -0.25) is 11.3 Å². The number of nitrogens with one attached hydrogen (secondary N) is 1. The molecule has 1 aromatic carbocycles. The first-order chi connectivity index (χ1) is 7.02. The predicted molar refractivity (Wildman–Crippen MR) is 63.8 cm³/mol. The molecule has 0 heterocycles. The quantitative estimate of drug-likeness (QED) is 0.655. The molecular weight excluding hydrogens is 259 g/mol. The first kappa shape index (κ1) is 12.6. The Morgan fingerprint density at radius 3 is 2.53 bits per heavy atom. The number of hydrazine groups is 1. The van der Waals surface area contributed by atoms with E-state index in [0.29, 0.717) is 5.92 Å². The van der Waals surface area contributed by atoms with E-state index in [1.807, 2.05) is 6.07 Å². The molecule has 0 spiro atoms. The van der Waals surface area contributed by atoms with Crippen molar-refractivity contribution in [2.45, 2.75) is 26.3 Å². The second-order valence-electron chi connectivity index (χ2n) is 4.00. The van der Waals surface area contributed by atoms with Crippen LogP contribution in [0.1, 0.15) is 19.4 Å². The Balaban J connectivity index is 2.79. The summed E-state index contributed by atoms with van der Waals surface area (Å²) in [6, 6.07) is 5.07. The minimum absolute atomic E-state index is 0.165. The van der Waals surface area contributed by atoms with Gasteiger partial charge in [-0.15, -0.1) is 0 Å². The van der Waals surface area contributed by atoms with Crippen LogP contribution in [-0.4, -0.2) is 6.04 Å². The van der Waals surface area contributed by atoms with Crippen LogP contribution in [-0.2, 0) is 6.42 Å². The first-order valence-corrected chi connectivity index (χ1v) is 5.73. The predicted octanol–water partition coefficient (Wildman–Crippen LogP) is 2.62. The molecule has 0 bridgehead atoms. The summed E-state index contributed by atoms with van der Waals surface area (Å²) in [5.41, 5.74) is 3.69. The van der Waals surface area contributed by atoms with Crippen LogP contribution >= 0.6 is 15.9 Å². The minimum atomic E-state index is -0.223. The molecule has 0 aliphatic heterocycles. The molecule has 1 atom stereocenters. The van der Waals surface area contributed by atoms with Crippen molar-refractivity contribution in [3.8, 4) is 0 Å². The van der Waals surface area contributed by atoms with Gasteiger partial charge in [0.05, 0.1) is 0 Å². The van der Waals surface area contributed by atoms with Crippen molar-refractivity contribution in [1.29, 1.82) is 0 Å². The SMILES string of the molecule is CC(C)C(Cc1cc(F)cc(Br)c1)NN. The molecule has 0 fully saturated rings. The average Bonchev–Trinajstić information content (AvgIpc) is 2.12. The highest BCUT2D eigenvalue weighted by atomic mass is 79.9. The van der Waals surface area contributed by atoms with E-state index in [2.05, 4.69) is 35.2 Å². The number of rotatable bonds is 4. The van der Waals surface area contributed by atoms with Crippen molar-refractivity contribution in [2.24, 2.45) is 11.8 Å². The molecule has 0 saturated carbocycles. The zero-order valence-corrected chi connectivity index (χ0v) is 10.5. The molecule has 84 valence electrons. The van der Waals surface area contributed by atoms with Gasteiger partial charge < -0.3 is 0 Å². The highest BCUT2D eigenvalue weighted by molar-refractivity contribution is 9.10. The summed E-state index contributed by atoms with van der Waals surface area (Å²) in [5, 5.41) is 0. The van der Waals surface area contributed by atoms with E-state index in [9.17, 15) is 4.39 Å². The van der Waals surface area contributed by atoms with Crippen molar-refractivity contribution >= 4 is 15.9 Å². The molecule has 0 radical (unpaired) electrons. The van der Waals surface area contributed by atoms with E-state index in [1.165, 1.54) is 12.1 Å². The van der Waals surface area contributed by atoms with Gasteiger partial charge in [0.1, 0.15) is 5.82 Å². The Labute approximate surface area is 98.1 Å². The summed E-state index contributed by atoms with van der Waals surface area (Å²) < 4.78 is 13.9. The Morgan fingerprint density at radius 1 is 1.40 bits per heavy atom. The summed E-state index contributed by atoms with van der Waals surface area (Å²) >= 11 is 3.27. The third-order valence-corrected chi connectivity index (χ3v) is 2.85. The van der Waals surface area contributed by atoms with Gasteiger partial charge in [-0.05, 0) is 36.1 Å². The summed E-state index contributed by atoms with van der Waals surface area (Å²) in [6.07, 6.45) is 0.727. The van der Waals surface area contributed by atoms with Gasteiger partial charge in [0, 0.05) is 10.5 Å². The van der Waals surface area contributed by atoms with Crippen LogP contribution in [0, 0.1) is 11.7 Å². The lowest BCUT2D eigenvalue weighted by atomic mass is 9.97. The van der Waals surface area contributed by atoms with Gasteiger partial charge in [-0.25, -0.2) is 4.39 Å². The molecule has 1 rings (SSSR count). The van der Waals surface area contributed by atoms with Crippen LogP contribution in [0.4, 0.5) is 4.39 Å². The monoisotopic (exact) mass is 274 g/mol. The van der Waals surface area contributed by atoms with Crippen molar-refractivity contribution in [2.75, 3.05) is 0 Å². The van der Waals surface area contributed by atoms with Crippen molar-refractivity contribution in [3.05, 3.63) is 34.1 Å². The van der Waals surface area contributed by atoms with Gasteiger partial charge in [0.25, 0.3) is 0 Å². The Morgan fingerprint density at radius 2 is 2.07 bits per heavy atom. The Kier molecular flexibility index (Phi) is 4.70. The molecular formula is C11H16BrFN2. The van der Waals surface area contributed by atoms with E-state index in [-0.39, 0.29) is 11.9 Å². The lowest BCUT2D eigenvalue weighted by Crippen LogP contribution is -2.40. The molecule has 1 aromatic rings. The van der Waals surface area contributed by atoms with Gasteiger partial charge in [-0.1, -0.05) is 29.8 Å². The van der Waals surface area contributed by atoms with Crippen molar-refractivity contribution in [1.82, 2.24) is 5.43 Å². The number of hydrogen-bond donors (Lipinski definition) is 2. The molecule has 0 amide bonds. The van der Waals surface area contributed by atoms with Gasteiger partial charge in [0.2, 0.25) is 0 Å². The van der Waals surface area contributed by atoms with Crippen LogP contribution in [0.25, 0.3) is 0 Å². The fourth-order valence-corrected chi connectivity index (χ4v) is 1.98. The average molecular weight is 275 g/mol. The fourth-order valence-electron chi connectivity index (χ4n) is 1.47. The maximum Gasteiger partial charge on any atom is 0.124 e. The van der Waals surface area contributed by atoms with E-state index >= 15 is 0 Å². The van der Waals surface area contributed by atoms with Crippen LogP contribution < -0.4 is 11.3 Å². The molecule has 0 aromatic heterocycles. The molecule has 0 saturated heterocycles. The molecule has 2 nitrogen and oxygen atoms in total. The molecule has 0 aliphatic rings. The van der Waals surface area contributed by atoms with Crippen LogP contribution in [0.2, 0.25) is 0 Å². The molecule has 4 heteroatoms. The maximum absolute atomic E-state index is 13.1. The topological polar surface area (TPSA) is 38.0 Å². The number of benzene rings is 1. The molecule has 15 heavy (non-hydrogen) atoms. The number of hydrogen-bond acceptors (Lipinski definition) is 2. The van der Waals surface area contributed by atoms with Crippen LogP contribution in [0.5, 0.6) is 0 Å². The smallest absolute Gasteiger partial charge is 0.124 e.